The minimum absolute atomic E-state index is 0.146. The molecule has 1 saturated heterocycles. The van der Waals surface area contributed by atoms with E-state index < -0.39 is 0 Å². The van der Waals surface area contributed by atoms with Gasteiger partial charge in [-0.3, -0.25) is 0 Å². The Morgan fingerprint density at radius 2 is 2.12 bits per heavy atom. The molecule has 0 radical (unpaired) electrons. The van der Waals surface area contributed by atoms with Crippen LogP contribution in [-0.4, -0.2) is 36.1 Å². The highest BCUT2D eigenvalue weighted by molar-refractivity contribution is 6.17. The Morgan fingerprint density at radius 3 is 2.82 bits per heavy atom. The number of benzene rings is 1. The fourth-order valence-electron chi connectivity index (χ4n) is 2.05. The van der Waals surface area contributed by atoms with Crippen LogP contribution < -0.4 is 0 Å². The maximum atomic E-state index is 11.5. The highest BCUT2D eigenvalue weighted by atomic mass is 35.5. The molecule has 0 saturated carbocycles. The summed E-state index contributed by atoms with van der Waals surface area (Å²) in [6.07, 6.45) is 1.44. The van der Waals surface area contributed by atoms with Crippen LogP contribution in [0.25, 0.3) is 0 Å². The molecule has 0 N–H and O–H groups in total. The van der Waals surface area contributed by atoms with Gasteiger partial charge in [0.05, 0.1) is 6.04 Å². The van der Waals surface area contributed by atoms with Crippen LogP contribution in [0.4, 0.5) is 4.79 Å². The summed E-state index contributed by atoms with van der Waals surface area (Å²) < 4.78 is 5.09. The first-order valence-electron chi connectivity index (χ1n) is 5.84. The van der Waals surface area contributed by atoms with E-state index in [9.17, 15) is 4.79 Å². The molecular weight excluding hydrogens is 238 g/mol. The van der Waals surface area contributed by atoms with E-state index in [2.05, 4.69) is 12.1 Å². The molecule has 0 aliphatic carbocycles. The zero-order valence-electron chi connectivity index (χ0n) is 9.64. The van der Waals surface area contributed by atoms with Crippen LogP contribution in [0, 0.1) is 0 Å². The fourth-order valence-corrected chi connectivity index (χ4v) is 2.17. The van der Waals surface area contributed by atoms with Crippen LogP contribution in [0.2, 0.25) is 0 Å². The number of carbonyl (C=O) groups is 1. The Morgan fingerprint density at radius 1 is 1.35 bits per heavy atom. The number of carbonyl (C=O) groups excluding carboxylic acids is 1. The average molecular weight is 254 g/mol. The van der Waals surface area contributed by atoms with E-state index >= 15 is 0 Å². The molecule has 1 aromatic rings. The summed E-state index contributed by atoms with van der Waals surface area (Å²) in [5.41, 5.74) is 1.23. The largest absolute Gasteiger partial charge is 0.447 e. The van der Waals surface area contributed by atoms with Gasteiger partial charge in [-0.1, -0.05) is 30.3 Å². The molecule has 1 fully saturated rings. The van der Waals surface area contributed by atoms with Crippen molar-refractivity contribution in [3.05, 3.63) is 35.9 Å². The van der Waals surface area contributed by atoms with Gasteiger partial charge in [0, 0.05) is 12.4 Å². The van der Waals surface area contributed by atoms with Crippen molar-refractivity contribution in [3.63, 3.8) is 0 Å². The minimum atomic E-state index is -0.212. The number of cyclic esters (lactones) is 1. The lowest BCUT2D eigenvalue weighted by Gasteiger charge is -2.20. The summed E-state index contributed by atoms with van der Waals surface area (Å²) in [6, 6.07) is 10.3. The highest BCUT2D eigenvalue weighted by Gasteiger charge is 2.32. The van der Waals surface area contributed by atoms with Crippen LogP contribution in [0.15, 0.2) is 30.3 Å². The van der Waals surface area contributed by atoms with Gasteiger partial charge in [0.15, 0.2) is 0 Å². The number of nitrogens with zero attached hydrogens (tertiary/aromatic N) is 1. The van der Waals surface area contributed by atoms with Gasteiger partial charge in [0.1, 0.15) is 6.61 Å². The molecule has 0 bridgehead atoms. The summed E-state index contributed by atoms with van der Waals surface area (Å²) in [7, 11) is 0. The molecule has 1 aromatic carbocycles. The van der Waals surface area contributed by atoms with E-state index in [-0.39, 0.29) is 12.1 Å². The van der Waals surface area contributed by atoms with E-state index in [1.54, 1.807) is 4.90 Å². The molecule has 3 nitrogen and oxygen atoms in total. The summed E-state index contributed by atoms with van der Waals surface area (Å²) in [5.74, 6) is 0.571. The Bertz CT molecular complexity index is 369. The SMILES string of the molecule is O=C1OC[C@@H](Cc2ccccc2)N1CCCCl. The molecule has 0 aromatic heterocycles. The molecule has 0 unspecified atom stereocenters. The molecule has 1 heterocycles. The first-order valence-corrected chi connectivity index (χ1v) is 6.38. The van der Waals surface area contributed by atoms with Gasteiger partial charge >= 0.3 is 6.09 Å². The average Bonchev–Trinajstić information content (AvgIpc) is 2.69. The van der Waals surface area contributed by atoms with Crippen LogP contribution in [0.3, 0.4) is 0 Å². The third-order valence-electron chi connectivity index (χ3n) is 2.92. The van der Waals surface area contributed by atoms with Gasteiger partial charge in [-0.25, -0.2) is 4.79 Å². The van der Waals surface area contributed by atoms with Crippen LogP contribution in [0.5, 0.6) is 0 Å². The third-order valence-corrected chi connectivity index (χ3v) is 3.19. The maximum Gasteiger partial charge on any atom is 0.410 e. The van der Waals surface area contributed by atoms with Crippen LogP contribution in [0.1, 0.15) is 12.0 Å². The number of hydrogen-bond acceptors (Lipinski definition) is 2. The molecule has 4 heteroatoms. The van der Waals surface area contributed by atoms with Gasteiger partial charge in [0.25, 0.3) is 0 Å². The van der Waals surface area contributed by atoms with Crippen molar-refractivity contribution in [2.45, 2.75) is 18.9 Å². The highest BCUT2D eigenvalue weighted by Crippen LogP contribution is 2.17. The number of ether oxygens (including phenoxy) is 1. The molecular formula is C13H16ClNO2. The first kappa shape index (κ1) is 12.2. The topological polar surface area (TPSA) is 29.5 Å². The molecule has 92 valence electrons. The lowest BCUT2D eigenvalue weighted by atomic mass is 10.1. The lowest BCUT2D eigenvalue weighted by Crippen LogP contribution is -2.36. The zero-order chi connectivity index (χ0) is 12.1. The molecule has 1 aliphatic heterocycles. The summed E-state index contributed by atoms with van der Waals surface area (Å²) in [6.45, 7) is 1.16. The Hall–Kier alpha value is -1.22. The maximum absolute atomic E-state index is 11.5. The predicted octanol–water partition coefficient (Wildman–Crippen LogP) is 2.68. The van der Waals surface area contributed by atoms with E-state index in [0.717, 1.165) is 12.8 Å². The van der Waals surface area contributed by atoms with Crippen molar-refractivity contribution in [2.24, 2.45) is 0 Å². The Labute approximate surface area is 106 Å². The molecule has 17 heavy (non-hydrogen) atoms. The van der Waals surface area contributed by atoms with Crippen molar-refractivity contribution in [3.8, 4) is 0 Å². The number of halogens is 1. The second-order valence-electron chi connectivity index (χ2n) is 4.16. The van der Waals surface area contributed by atoms with Crippen LogP contribution >= 0.6 is 11.6 Å². The predicted molar refractivity (Wildman–Crippen MR) is 67.3 cm³/mol. The number of hydrogen-bond donors (Lipinski definition) is 0. The van der Waals surface area contributed by atoms with Crippen LogP contribution in [-0.2, 0) is 11.2 Å². The molecule has 2 rings (SSSR count). The van der Waals surface area contributed by atoms with Crippen molar-refractivity contribution in [1.82, 2.24) is 4.90 Å². The second-order valence-corrected chi connectivity index (χ2v) is 4.53. The van der Waals surface area contributed by atoms with Crippen molar-refractivity contribution < 1.29 is 9.53 Å². The Kier molecular flexibility index (Phi) is 4.26. The number of amides is 1. The van der Waals surface area contributed by atoms with E-state index in [0.29, 0.717) is 19.0 Å². The van der Waals surface area contributed by atoms with Gasteiger partial charge in [0.2, 0.25) is 0 Å². The van der Waals surface area contributed by atoms with E-state index in [1.165, 1.54) is 5.56 Å². The first-order chi connectivity index (χ1) is 8.31. The second kappa shape index (κ2) is 5.92. The van der Waals surface area contributed by atoms with Gasteiger partial charge in [-0.05, 0) is 18.4 Å². The normalized spacial score (nSPS) is 19.5. The monoisotopic (exact) mass is 253 g/mol. The zero-order valence-corrected chi connectivity index (χ0v) is 10.4. The fraction of sp³-hybridized carbons (Fsp3) is 0.462. The van der Waals surface area contributed by atoms with Crippen molar-refractivity contribution in [1.29, 1.82) is 0 Å². The number of alkyl halides is 1. The smallest absolute Gasteiger partial charge is 0.410 e. The van der Waals surface area contributed by atoms with Crippen molar-refractivity contribution >= 4 is 17.7 Å². The van der Waals surface area contributed by atoms with E-state index in [1.807, 2.05) is 18.2 Å². The van der Waals surface area contributed by atoms with E-state index in [4.69, 9.17) is 16.3 Å². The van der Waals surface area contributed by atoms with Gasteiger partial charge in [-0.2, -0.15) is 0 Å². The summed E-state index contributed by atoms with van der Waals surface area (Å²) >= 11 is 5.66. The van der Waals surface area contributed by atoms with Crippen molar-refractivity contribution in [2.75, 3.05) is 19.0 Å². The molecule has 0 spiro atoms. The third kappa shape index (κ3) is 3.13. The standard InChI is InChI=1S/C13H16ClNO2/c14-7-4-8-15-12(10-17-13(15)16)9-11-5-2-1-3-6-11/h1-3,5-6,12H,4,7-10H2/t12-/m1/s1. The van der Waals surface area contributed by atoms with Gasteiger partial charge < -0.3 is 9.64 Å². The quantitative estimate of drug-likeness (QED) is 0.755. The van der Waals surface area contributed by atoms with Gasteiger partial charge in [-0.15, -0.1) is 11.6 Å². The number of rotatable bonds is 5. The Balaban J connectivity index is 1.97. The summed E-state index contributed by atoms with van der Waals surface area (Å²) in [4.78, 5) is 13.3. The minimum Gasteiger partial charge on any atom is -0.447 e. The lowest BCUT2D eigenvalue weighted by molar-refractivity contribution is 0.158. The molecule has 1 amide bonds. The molecule has 1 atom stereocenters. The molecule has 1 aliphatic rings. The summed E-state index contributed by atoms with van der Waals surface area (Å²) in [5, 5.41) is 0.